The minimum Gasteiger partial charge on any atom is -0.354 e. The van der Waals surface area contributed by atoms with E-state index in [9.17, 15) is 17.6 Å². The molecule has 1 aliphatic heterocycles. The average Bonchev–Trinajstić information content (AvgIpc) is 2.86. The normalized spacial score (nSPS) is 16.3. The van der Waals surface area contributed by atoms with E-state index in [0.29, 0.717) is 18.5 Å². The van der Waals surface area contributed by atoms with Crippen molar-refractivity contribution in [1.82, 2.24) is 10.0 Å². The Hall–Kier alpha value is -2.74. The van der Waals surface area contributed by atoms with Crippen LogP contribution in [0.25, 0.3) is 0 Å². The van der Waals surface area contributed by atoms with Gasteiger partial charge in [-0.15, -0.1) is 0 Å². The largest absolute Gasteiger partial charge is 0.354 e. The summed E-state index contributed by atoms with van der Waals surface area (Å²) in [5.74, 6) is -0.453. The maximum Gasteiger partial charge on any atom is 0.263 e. The Bertz CT molecular complexity index is 924. The molecule has 25 heavy (non-hydrogen) atoms. The summed E-state index contributed by atoms with van der Waals surface area (Å²) >= 11 is 0. The lowest BCUT2D eigenvalue weighted by atomic mass is 10.1. The molecule has 0 spiro atoms. The van der Waals surface area contributed by atoms with E-state index >= 15 is 0 Å². The fourth-order valence-corrected chi connectivity index (χ4v) is 3.71. The minimum atomic E-state index is -3.60. The number of nitrogens with zero attached hydrogens (tertiary/aromatic N) is 1. The van der Waals surface area contributed by atoms with Crippen molar-refractivity contribution in [3.63, 3.8) is 0 Å². The van der Waals surface area contributed by atoms with Crippen molar-refractivity contribution in [1.29, 1.82) is 0 Å². The molecule has 2 aromatic carbocycles. The Morgan fingerprint density at radius 3 is 2.60 bits per heavy atom. The first-order chi connectivity index (χ1) is 12.0. The number of sulfonamides is 1. The molecule has 0 atom stereocenters. The number of benzene rings is 2. The Morgan fingerprint density at radius 2 is 1.84 bits per heavy atom. The SMILES string of the molecule is O=C(CN=C1NS(=O)(=O)c2ccccc21)NCCc1ccc(F)cc1. The van der Waals surface area contributed by atoms with Crippen LogP contribution >= 0.6 is 0 Å². The molecule has 0 bridgehead atoms. The van der Waals surface area contributed by atoms with Crippen molar-refractivity contribution < 1.29 is 17.6 Å². The first kappa shape index (κ1) is 17.1. The number of carbonyl (C=O) groups excluding carboxylic acids is 1. The molecule has 2 aromatic rings. The van der Waals surface area contributed by atoms with Gasteiger partial charge in [-0.05, 0) is 36.2 Å². The van der Waals surface area contributed by atoms with Gasteiger partial charge in [0, 0.05) is 12.1 Å². The zero-order chi connectivity index (χ0) is 17.9. The highest BCUT2D eigenvalue weighted by Crippen LogP contribution is 2.21. The molecular weight excluding hydrogens is 345 g/mol. The number of amidine groups is 1. The van der Waals surface area contributed by atoms with Gasteiger partial charge >= 0.3 is 0 Å². The highest BCUT2D eigenvalue weighted by molar-refractivity contribution is 7.90. The van der Waals surface area contributed by atoms with Crippen LogP contribution < -0.4 is 10.0 Å². The first-order valence-corrected chi connectivity index (χ1v) is 9.12. The molecular formula is C17H16FN3O3S. The molecule has 0 radical (unpaired) electrons. The van der Waals surface area contributed by atoms with E-state index in [-0.39, 0.29) is 29.0 Å². The number of amides is 1. The molecule has 0 unspecified atom stereocenters. The molecule has 3 rings (SSSR count). The van der Waals surface area contributed by atoms with Crippen LogP contribution in [-0.2, 0) is 21.2 Å². The summed E-state index contributed by atoms with van der Waals surface area (Å²) in [5.41, 5.74) is 1.37. The number of rotatable bonds is 5. The third-order valence-corrected chi connectivity index (χ3v) is 5.09. The molecule has 8 heteroatoms. The van der Waals surface area contributed by atoms with Crippen molar-refractivity contribution in [2.24, 2.45) is 4.99 Å². The monoisotopic (exact) mass is 361 g/mol. The summed E-state index contributed by atoms with van der Waals surface area (Å²) in [5, 5.41) is 2.70. The molecule has 1 heterocycles. The standard InChI is InChI=1S/C17H16FN3O3S/c18-13-7-5-12(6-8-13)9-10-19-16(22)11-20-17-14-3-1-2-4-15(14)25(23,24)21-17/h1-8H,9-11H2,(H,19,22)(H,20,21). The van der Waals surface area contributed by atoms with E-state index in [1.807, 2.05) is 0 Å². The van der Waals surface area contributed by atoms with Crippen molar-refractivity contribution in [3.05, 3.63) is 65.5 Å². The summed E-state index contributed by atoms with van der Waals surface area (Å²) in [6.45, 7) is 0.202. The molecule has 6 nitrogen and oxygen atoms in total. The van der Waals surface area contributed by atoms with Crippen LogP contribution in [0.2, 0.25) is 0 Å². The van der Waals surface area contributed by atoms with Gasteiger partial charge in [-0.2, -0.15) is 0 Å². The van der Waals surface area contributed by atoms with Crippen LogP contribution in [0.1, 0.15) is 11.1 Å². The van der Waals surface area contributed by atoms with Crippen molar-refractivity contribution in [2.75, 3.05) is 13.1 Å². The van der Waals surface area contributed by atoms with Crippen molar-refractivity contribution in [3.8, 4) is 0 Å². The number of fused-ring (bicyclic) bond motifs is 1. The summed E-state index contributed by atoms with van der Waals surface area (Å²) in [4.78, 5) is 16.1. The lowest BCUT2D eigenvalue weighted by molar-refractivity contribution is -0.119. The molecule has 0 saturated carbocycles. The number of hydrogen-bond acceptors (Lipinski definition) is 4. The van der Waals surface area contributed by atoms with Crippen LogP contribution in [-0.4, -0.2) is 33.3 Å². The van der Waals surface area contributed by atoms with Gasteiger partial charge < -0.3 is 5.32 Å². The van der Waals surface area contributed by atoms with Gasteiger partial charge in [0.1, 0.15) is 18.2 Å². The number of nitrogens with one attached hydrogen (secondary N) is 2. The van der Waals surface area contributed by atoms with E-state index in [1.54, 1.807) is 30.3 Å². The topological polar surface area (TPSA) is 87.6 Å². The Labute approximate surface area is 144 Å². The lowest BCUT2D eigenvalue weighted by Gasteiger charge is -2.04. The van der Waals surface area contributed by atoms with Crippen LogP contribution in [0.4, 0.5) is 4.39 Å². The second kappa shape index (κ2) is 7.02. The lowest BCUT2D eigenvalue weighted by Crippen LogP contribution is -2.29. The first-order valence-electron chi connectivity index (χ1n) is 7.63. The van der Waals surface area contributed by atoms with Gasteiger partial charge in [-0.3, -0.25) is 14.5 Å². The average molecular weight is 361 g/mol. The van der Waals surface area contributed by atoms with Crippen molar-refractivity contribution in [2.45, 2.75) is 11.3 Å². The third kappa shape index (κ3) is 4.03. The van der Waals surface area contributed by atoms with Crippen molar-refractivity contribution >= 4 is 21.8 Å². The van der Waals surface area contributed by atoms with Crippen LogP contribution in [0.5, 0.6) is 0 Å². The quantitative estimate of drug-likeness (QED) is 0.839. The van der Waals surface area contributed by atoms with Gasteiger partial charge in [0.25, 0.3) is 10.0 Å². The van der Waals surface area contributed by atoms with E-state index in [4.69, 9.17) is 0 Å². The number of hydrogen-bond donors (Lipinski definition) is 2. The molecule has 0 aromatic heterocycles. The fraction of sp³-hybridized carbons (Fsp3) is 0.176. The zero-order valence-corrected chi connectivity index (χ0v) is 14.0. The molecule has 130 valence electrons. The zero-order valence-electron chi connectivity index (χ0n) is 13.2. The second-order valence-electron chi connectivity index (χ2n) is 5.49. The number of halogens is 1. The van der Waals surface area contributed by atoms with Gasteiger partial charge in [-0.1, -0.05) is 24.3 Å². The second-order valence-corrected chi connectivity index (χ2v) is 7.14. The minimum absolute atomic E-state index is 0.158. The van der Waals surface area contributed by atoms with E-state index < -0.39 is 10.0 Å². The number of carbonyl (C=O) groups is 1. The highest BCUT2D eigenvalue weighted by atomic mass is 32.2. The third-order valence-electron chi connectivity index (χ3n) is 3.69. The van der Waals surface area contributed by atoms with E-state index in [2.05, 4.69) is 15.0 Å². The Morgan fingerprint density at radius 1 is 1.12 bits per heavy atom. The molecule has 1 aliphatic rings. The Balaban J connectivity index is 1.56. The summed E-state index contributed by atoms with van der Waals surface area (Å²) in [6.07, 6.45) is 0.568. The predicted octanol–water partition coefficient (Wildman–Crippen LogP) is 1.22. The fourth-order valence-electron chi connectivity index (χ4n) is 2.46. The van der Waals surface area contributed by atoms with Gasteiger partial charge in [0.05, 0.1) is 4.90 Å². The molecule has 1 amide bonds. The molecule has 0 saturated heterocycles. The smallest absolute Gasteiger partial charge is 0.263 e. The molecule has 0 fully saturated rings. The van der Waals surface area contributed by atoms with Gasteiger partial charge in [0.2, 0.25) is 5.91 Å². The van der Waals surface area contributed by atoms with E-state index in [1.165, 1.54) is 18.2 Å². The maximum atomic E-state index is 12.8. The Kier molecular flexibility index (Phi) is 4.80. The van der Waals surface area contributed by atoms with Gasteiger partial charge in [-0.25, -0.2) is 12.8 Å². The maximum absolute atomic E-state index is 12.8. The molecule has 2 N–H and O–H groups in total. The van der Waals surface area contributed by atoms with Gasteiger partial charge in [0.15, 0.2) is 0 Å². The van der Waals surface area contributed by atoms with Crippen LogP contribution in [0.3, 0.4) is 0 Å². The summed E-state index contributed by atoms with van der Waals surface area (Å²) in [6, 6.07) is 12.5. The number of aliphatic imine (C=N–C) groups is 1. The summed E-state index contributed by atoms with van der Waals surface area (Å²) in [7, 11) is -3.60. The predicted molar refractivity (Wildman–Crippen MR) is 91.3 cm³/mol. The van der Waals surface area contributed by atoms with Crippen LogP contribution in [0, 0.1) is 5.82 Å². The van der Waals surface area contributed by atoms with E-state index in [0.717, 1.165) is 5.56 Å². The highest BCUT2D eigenvalue weighted by Gasteiger charge is 2.30. The van der Waals surface area contributed by atoms with Crippen LogP contribution in [0.15, 0.2) is 58.4 Å². The summed E-state index contributed by atoms with van der Waals surface area (Å²) < 4.78 is 39.0. The molecule has 0 aliphatic carbocycles.